The SMILES string of the molecule is COCCNCC(O)CSCc1cccc(C)c1. The van der Waals surface area contributed by atoms with Crippen molar-refractivity contribution < 1.29 is 9.84 Å². The molecule has 0 radical (unpaired) electrons. The van der Waals surface area contributed by atoms with Crippen molar-refractivity contribution in [3.63, 3.8) is 0 Å². The van der Waals surface area contributed by atoms with Crippen LogP contribution in [-0.2, 0) is 10.5 Å². The van der Waals surface area contributed by atoms with Crippen molar-refractivity contribution in [1.29, 1.82) is 0 Å². The molecule has 0 aliphatic rings. The molecule has 0 aromatic heterocycles. The molecule has 18 heavy (non-hydrogen) atoms. The van der Waals surface area contributed by atoms with Gasteiger partial charge in [-0.05, 0) is 12.5 Å². The summed E-state index contributed by atoms with van der Waals surface area (Å²) in [6, 6.07) is 8.50. The van der Waals surface area contributed by atoms with Gasteiger partial charge in [0.2, 0.25) is 0 Å². The zero-order chi connectivity index (χ0) is 13.2. The van der Waals surface area contributed by atoms with E-state index in [-0.39, 0.29) is 6.10 Å². The molecule has 4 heteroatoms. The number of rotatable bonds is 9. The van der Waals surface area contributed by atoms with Crippen LogP contribution >= 0.6 is 11.8 Å². The Labute approximate surface area is 114 Å². The fourth-order valence-electron chi connectivity index (χ4n) is 1.62. The lowest BCUT2D eigenvalue weighted by atomic mass is 10.2. The van der Waals surface area contributed by atoms with Gasteiger partial charge in [-0.25, -0.2) is 0 Å². The van der Waals surface area contributed by atoms with Crippen molar-refractivity contribution in [3.05, 3.63) is 35.4 Å². The predicted octanol–water partition coefficient (Wildman–Crippen LogP) is 1.83. The normalized spacial score (nSPS) is 12.6. The number of hydrogen-bond acceptors (Lipinski definition) is 4. The van der Waals surface area contributed by atoms with Crippen LogP contribution in [0.15, 0.2) is 24.3 Å². The van der Waals surface area contributed by atoms with Gasteiger partial charge in [-0.2, -0.15) is 11.8 Å². The van der Waals surface area contributed by atoms with Crippen LogP contribution in [0.25, 0.3) is 0 Å². The fraction of sp³-hybridized carbons (Fsp3) is 0.571. The van der Waals surface area contributed by atoms with Gasteiger partial charge in [-0.3, -0.25) is 0 Å². The Hall–Kier alpha value is -0.550. The quantitative estimate of drug-likeness (QED) is 0.671. The number of methoxy groups -OCH3 is 1. The number of aryl methyl sites for hydroxylation is 1. The van der Waals surface area contributed by atoms with E-state index >= 15 is 0 Å². The monoisotopic (exact) mass is 269 g/mol. The third kappa shape index (κ3) is 7.01. The van der Waals surface area contributed by atoms with Gasteiger partial charge < -0.3 is 15.2 Å². The Morgan fingerprint density at radius 2 is 2.28 bits per heavy atom. The van der Waals surface area contributed by atoms with Gasteiger partial charge in [0, 0.05) is 31.7 Å². The average molecular weight is 269 g/mol. The lowest BCUT2D eigenvalue weighted by Gasteiger charge is -2.11. The molecule has 1 aromatic carbocycles. The molecule has 0 bridgehead atoms. The highest BCUT2D eigenvalue weighted by Crippen LogP contribution is 2.14. The van der Waals surface area contributed by atoms with Crippen LogP contribution in [0, 0.1) is 6.92 Å². The number of aliphatic hydroxyl groups is 1. The number of ether oxygens (including phenoxy) is 1. The minimum Gasteiger partial charge on any atom is -0.391 e. The first-order chi connectivity index (χ1) is 8.72. The third-order valence-corrected chi connectivity index (χ3v) is 3.68. The lowest BCUT2D eigenvalue weighted by molar-refractivity contribution is 0.175. The van der Waals surface area contributed by atoms with Crippen molar-refractivity contribution in [2.75, 3.05) is 32.6 Å². The van der Waals surface area contributed by atoms with Crippen molar-refractivity contribution >= 4 is 11.8 Å². The maximum Gasteiger partial charge on any atom is 0.0754 e. The maximum atomic E-state index is 9.76. The highest BCUT2D eigenvalue weighted by atomic mass is 32.2. The summed E-state index contributed by atoms with van der Waals surface area (Å²) in [5.41, 5.74) is 2.61. The number of thioether (sulfide) groups is 1. The molecule has 1 rings (SSSR count). The van der Waals surface area contributed by atoms with E-state index in [0.29, 0.717) is 13.2 Å². The standard InChI is InChI=1S/C14H23NO2S/c1-12-4-3-5-13(8-12)10-18-11-14(16)9-15-6-7-17-2/h3-5,8,14-16H,6-7,9-11H2,1-2H3. The van der Waals surface area contributed by atoms with Crippen LogP contribution in [0.1, 0.15) is 11.1 Å². The molecule has 0 saturated heterocycles. The Bertz CT molecular complexity index is 333. The molecule has 1 aromatic rings. The molecule has 1 atom stereocenters. The predicted molar refractivity (Wildman–Crippen MR) is 78.1 cm³/mol. The van der Waals surface area contributed by atoms with E-state index in [1.165, 1.54) is 11.1 Å². The summed E-state index contributed by atoms with van der Waals surface area (Å²) in [5.74, 6) is 1.71. The summed E-state index contributed by atoms with van der Waals surface area (Å²) in [6.07, 6.45) is -0.295. The van der Waals surface area contributed by atoms with E-state index in [2.05, 4.69) is 36.5 Å². The number of aliphatic hydroxyl groups excluding tert-OH is 1. The minimum absolute atomic E-state index is 0.295. The molecule has 3 nitrogen and oxygen atoms in total. The van der Waals surface area contributed by atoms with Crippen molar-refractivity contribution in [3.8, 4) is 0 Å². The number of hydrogen-bond donors (Lipinski definition) is 2. The van der Waals surface area contributed by atoms with Crippen molar-refractivity contribution in [1.82, 2.24) is 5.32 Å². The average Bonchev–Trinajstić information content (AvgIpc) is 2.35. The van der Waals surface area contributed by atoms with E-state index in [0.717, 1.165) is 18.1 Å². The summed E-state index contributed by atoms with van der Waals surface area (Å²) >= 11 is 1.77. The summed E-state index contributed by atoms with van der Waals surface area (Å²) in [6.45, 7) is 4.20. The first-order valence-electron chi connectivity index (χ1n) is 6.23. The van der Waals surface area contributed by atoms with Gasteiger partial charge in [-0.1, -0.05) is 29.8 Å². The first-order valence-corrected chi connectivity index (χ1v) is 7.39. The summed E-state index contributed by atoms with van der Waals surface area (Å²) < 4.78 is 4.92. The maximum absolute atomic E-state index is 9.76. The Kier molecular flexibility index (Phi) is 8.09. The van der Waals surface area contributed by atoms with E-state index in [4.69, 9.17) is 4.74 Å². The van der Waals surface area contributed by atoms with Crippen LogP contribution in [0.2, 0.25) is 0 Å². The zero-order valence-corrected chi connectivity index (χ0v) is 12.0. The van der Waals surface area contributed by atoms with Crippen LogP contribution in [0.4, 0.5) is 0 Å². The third-order valence-electron chi connectivity index (χ3n) is 2.52. The molecule has 0 spiro atoms. The Balaban J connectivity index is 2.09. The number of benzene rings is 1. The van der Waals surface area contributed by atoms with Gasteiger partial charge in [0.1, 0.15) is 0 Å². The second-order valence-corrected chi connectivity index (χ2v) is 5.39. The van der Waals surface area contributed by atoms with Gasteiger partial charge >= 0.3 is 0 Å². The fourth-order valence-corrected chi connectivity index (χ4v) is 2.54. The number of nitrogens with one attached hydrogen (secondary N) is 1. The van der Waals surface area contributed by atoms with Crippen LogP contribution in [-0.4, -0.2) is 43.8 Å². The molecule has 0 fully saturated rings. The highest BCUT2D eigenvalue weighted by Gasteiger charge is 2.03. The molecule has 0 aliphatic carbocycles. The highest BCUT2D eigenvalue weighted by molar-refractivity contribution is 7.98. The Morgan fingerprint density at radius 1 is 1.44 bits per heavy atom. The minimum atomic E-state index is -0.295. The summed E-state index contributed by atoms with van der Waals surface area (Å²) in [7, 11) is 1.68. The van der Waals surface area contributed by atoms with E-state index in [9.17, 15) is 5.11 Å². The largest absolute Gasteiger partial charge is 0.391 e. The molecular weight excluding hydrogens is 246 g/mol. The topological polar surface area (TPSA) is 41.5 Å². The second kappa shape index (κ2) is 9.39. The molecule has 0 amide bonds. The van der Waals surface area contributed by atoms with Crippen LogP contribution < -0.4 is 5.32 Å². The van der Waals surface area contributed by atoms with Gasteiger partial charge in [0.15, 0.2) is 0 Å². The van der Waals surface area contributed by atoms with Crippen molar-refractivity contribution in [2.24, 2.45) is 0 Å². The first kappa shape index (κ1) is 15.5. The van der Waals surface area contributed by atoms with Gasteiger partial charge in [0.05, 0.1) is 12.7 Å². The second-order valence-electron chi connectivity index (χ2n) is 4.35. The molecular formula is C14H23NO2S. The smallest absolute Gasteiger partial charge is 0.0754 e. The van der Waals surface area contributed by atoms with E-state index in [1.807, 2.05) is 0 Å². The molecule has 0 aliphatic heterocycles. The van der Waals surface area contributed by atoms with E-state index in [1.54, 1.807) is 18.9 Å². The summed E-state index contributed by atoms with van der Waals surface area (Å²) in [4.78, 5) is 0. The molecule has 0 heterocycles. The van der Waals surface area contributed by atoms with Gasteiger partial charge in [0.25, 0.3) is 0 Å². The Morgan fingerprint density at radius 3 is 3.00 bits per heavy atom. The molecule has 0 saturated carbocycles. The molecule has 1 unspecified atom stereocenters. The van der Waals surface area contributed by atoms with Gasteiger partial charge in [-0.15, -0.1) is 0 Å². The zero-order valence-electron chi connectivity index (χ0n) is 11.2. The van der Waals surface area contributed by atoms with Crippen molar-refractivity contribution in [2.45, 2.75) is 18.8 Å². The lowest BCUT2D eigenvalue weighted by Crippen LogP contribution is -2.30. The molecule has 2 N–H and O–H groups in total. The molecule has 102 valence electrons. The van der Waals surface area contributed by atoms with Crippen LogP contribution in [0.3, 0.4) is 0 Å². The summed E-state index contributed by atoms with van der Waals surface area (Å²) in [5, 5.41) is 12.9. The van der Waals surface area contributed by atoms with E-state index < -0.39 is 0 Å². The van der Waals surface area contributed by atoms with Crippen LogP contribution in [0.5, 0.6) is 0 Å².